The van der Waals surface area contributed by atoms with Gasteiger partial charge < -0.3 is 14.5 Å². The third-order valence-electron chi connectivity index (χ3n) is 5.45. The van der Waals surface area contributed by atoms with E-state index in [-0.39, 0.29) is 10.8 Å². The van der Waals surface area contributed by atoms with Crippen LogP contribution >= 0.6 is 0 Å². The Bertz CT molecular complexity index is 941. The van der Waals surface area contributed by atoms with Gasteiger partial charge >= 0.3 is 0 Å². The van der Waals surface area contributed by atoms with E-state index < -0.39 is 16.1 Å². The maximum Gasteiger partial charge on any atom is 0.241 e. The van der Waals surface area contributed by atoms with Crippen LogP contribution in [0, 0.1) is 0 Å². The molecular weight excluding hydrogens is 414 g/mol. The summed E-state index contributed by atoms with van der Waals surface area (Å²) < 4.78 is 34.2. The highest BCUT2D eigenvalue weighted by atomic mass is 32.2. The SMILES string of the molecule is CCOc1ccc(S(=O)(=O)N[C@H](Cc2ccccc2)C(=O)N2CCN(CC)CC2)cc1. The number of hydrogen-bond acceptors (Lipinski definition) is 5. The van der Waals surface area contributed by atoms with Gasteiger partial charge in [-0.15, -0.1) is 0 Å². The summed E-state index contributed by atoms with van der Waals surface area (Å²) in [6, 6.07) is 14.8. The van der Waals surface area contributed by atoms with Gasteiger partial charge in [-0.25, -0.2) is 8.42 Å². The molecule has 1 saturated heterocycles. The lowest BCUT2D eigenvalue weighted by Gasteiger charge is -2.36. The van der Waals surface area contributed by atoms with Crippen molar-refractivity contribution in [3.8, 4) is 5.75 Å². The molecule has 0 unspecified atom stereocenters. The van der Waals surface area contributed by atoms with Crippen LogP contribution in [0.15, 0.2) is 59.5 Å². The summed E-state index contributed by atoms with van der Waals surface area (Å²) in [5.74, 6) is 0.418. The number of ether oxygens (including phenoxy) is 1. The number of sulfonamides is 1. The molecule has 8 heteroatoms. The quantitative estimate of drug-likeness (QED) is 0.640. The van der Waals surface area contributed by atoms with Crippen molar-refractivity contribution in [1.29, 1.82) is 0 Å². The molecule has 1 atom stereocenters. The van der Waals surface area contributed by atoms with Crippen molar-refractivity contribution >= 4 is 15.9 Å². The van der Waals surface area contributed by atoms with E-state index in [0.717, 1.165) is 25.2 Å². The third kappa shape index (κ3) is 6.29. The normalized spacial score (nSPS) is 16.1. The van der Waals surface area contributed by atoms with Gasteiger partial charge in [0, 0.05) is 26.2 Å². The first-order valence-corrected chi connectivity index (χ1v) is 12.2. The fourth-order valence-electron chi connectivity index (χ4n) is 3.67. The van der Waals surface area contributed by atoms with Gasteiger partial charge in [-0.05, 0) is 49.7 Å². The highest BCUT2D eigenvalue weighted by Gasteiger charge is 2.31. The standard InChI is InChI=1S/C23H31N3O4S/c1-3-25-14-16-26(17-15-25)23(27)22(18-19-8-6-5-7-9-19)24-31(28,29)21-12-10-20(11-13-21)30-4-2/h5-13,22,24H,3-4,14-18H2,1-2H3/t22-/m1/s1. The predicted molar refractivity (Wildman–Crippen MR) is 121 cm³/mol. The van der Waals surface area contributed by atoms with Crippen LogP contribution in [-0.4, -0.2) is 69.5 Å². The Morgan fingerprint density at radius 1 is 1.00 bits per heavy atom. The largest absolute Gasteiger partial charge is 0.494 e. The Morgan fingerprint density at radius 2 is 1.65 bits per heavy atom. The molecular formula is C23H31N3O4S. The zero-order valence-electron chi connectivity index (χ0n) is 18.2. The highest BCUT2D eigenvalue weighted by Crippen LogP contribution is 2.18. The average molecular weight is 446 g/mol. The van der Waals surface area contributed by atoms with Crippen LogP contribution in [0.1, 0.15) is 19.4 Å². The van der Waals surface area contributed by atoms with Gasteiger partial charge in [0.2, 0.25) is 15.9 Å². The monoisotopic (exact) mass is 445 g/mol. The number of hydrogen-bond donors (Lipinski definition) is 1. The van der Waals surface area contributed by atoms with Gasteiger partial charge in [0.05, 0.1) is 11.5 Å². The van der Waals surface area contributed by atoms with Gasteiger partial charge in [0.1, 0.15) is 11.8 Å². The minimum absolute atomic E-state index is 0.109. The van der Waals surface area contributed by atoms with Crippen LogP contribution in [0.5, 0.6) is 5.75 Å². The molecule has 1 heterocycles. The molecule has 2 aromatic carbocycles. The van der Waals surface area contributed by atoms with Gasteiger partial charge in [-0.3, -0.25) is 4.79 Å². The van der Waals surface area contributed by atoms with E-state index in [1.807, 2.05) is 37.3 Å². The first kappa shape index (κ1) is 23.2. The molecule has 3 rings (SSSR count). The van der Waals surface area contributed by atoms with Crippen molar-refractivity contribution in [2.75, 3.05) is 39.3 Å². The fourth-order valence-corrected chi connectivity index (χ4v) is 4.86. The molecule has 2 aromatic rings. The molecule has 1 amide bonds. The van der Waals surface area contributed by atoms with E-state index in [1.165, 1.54) is 12.1 Å². The molecule has 168 valence electrons. The molecule has 7 nitrogen and oxygen atoms in total. The number of nitrogens with one attached hydrogen (secondary N) is 1. The van der Waals surface area contributed by atoms with Crippen molar-refractivity contribution in [1.82, 2.24) is 14.5 Å². The van der Waals surface area contributed by atoms with E-state index in [2.05, 4.69) is 16.5 Å². The van der Waals surface area contributed by atoms with Crippen molar-refractivity contribution < 1.29 is 17.9 Å². The molecule has 0 aromatic heterocycles. The van der Waals surface area contributed by atoms with Crippen LogP contribution in [0.3, 0.4) is 0 Å². The minimum Gasteiger partial charge on any atom is -0.494 e. The molecule has 0 radical (unpaired) electrons. The van der Waals surface area contributed by atoms with E-state index >= 15 is 0 Å². The summed E-state index contributed by atoms with van der Waals surface area (Å²) in [5.41, 5.74) is 0.905. The predicted octanol–water partition coefficient (Wildman–Crippen LogP) is 2.14. The van der Waals surface area contributed by atoms with Crippen molar-refractivity contribution in [2.45, 2.75) is 31.2 Å². The molecule has 0 bridgehead atoms. The van der Waals surface area contributed by atoms with Crippen molar-refractivity contribution in [2.24, 2.45) is 0 Å². The Labute approximate surface area is 185 Å². The second-order valence-corrected chi connectivity index (χ2v) is 9.24. The summed E-state index contributed by atoms with van der Waals surface area (Å²) >= 11 is 0. The number of likely N-dealkylation sites (N-methyl/N-ethyl adjacent to an activating group) is 1. The average Bonchev–Trinajstić information content (AvgIpc) is 2.79. The van der Waals surface area contributed by atoms with E-state index in [4.69, 9.17) is 4.74 Å². The summed E-state index contributed by atoms with van der Waals surface area (Å²) in [6.07, 6.45) is 0.296. The molecule has 0 aliphatic carbocycles. The summed E-state index contributed by atoms with van der Waals surface area (Å²) in [6.45, 7) is 8.21. The van der Waals surface area contributed by atoms with Gasteiger partial charge in [0.15, 0.2) is 0 Å². The van der Waals surface area contributed by atoms with Crippen LogP contribution in [0.4, 0.5) is 0 Å². The second kappa shape index (κ2) is 10.7. The molecule has 31 heavy (non-hydrogen) atoms. The van der Waals surface area contributed by atoms with E-state index in [0.29, 0.717) is 31.9 Å². The van der Waals surface area contributed by atoms with E-state index in [9.17, 15) is 13.2 Å². The topological polar surface area (TPSA) is 78.9 Å². The molecule has 1 N–H and O–H groups in total. The molecule has 1 fully saturated rings. The number of rotatable bonds is 9. The first-order chi connectivity index (χ1) is 14.9. The summed E-state index contributed by atoms with van der Waals surface area (Å²) in [4.78, 5) is 17.5. The summed E-state index contributed by atoms with van der Waals surface area (Å²) in [7, 11) is -3.87. The zero-order valence-corrected chi connectivity index (χ0v) is 19.0. The molecule has 1 aliphatic rings. The number of nitrogens with zero attached hydrogens (tertiary/aromatic N) is 2. The number of amides is 1. The van der Waals surface area contributed by atoms with Crippen LogP contribution < -0.4 is 9.46 Å². The second-order valence-electron chi connectivity index (χ2n) is 7.53. The van der Waals surface area contributed by atoms with Gasteiger partial charge in [-0.2, -0.15) is 4.72 Å². The van der Waals surface area contributed by atoms with Crippen LogP contribution in [0.25, 0.3) is 0 Å². The fraction of sp³-hybridized carbons (Fsp3) is 0.435. The smallest absolute Gasteiger partial charge is 0.241 e. The Balaban J connectivity index is 1.79. The lowest BCUT2D eigenvalue weighted by Crippen LogP contribution is -2.55. The van der Waals surface area contributed by atoms with Gasteiger partial charge in [-0.1, -0.05) is 37.3 Å². The van der Waals surface area contributed by atoms with Crippen LogP contribution in [-0.2, 0) is 21.2 Å². The number of carbonyl (C=O) groups excluding carboxylic acids is 1. The van der Waals surface area contributed by atoms with E-state index in [1.54, 1.807) is 17.0 Å². The Hall–Kier alpha value is -2.42. The highest BCUT2D eigenvalue weighted by molar-refractivity contribution is 7.89. The number of benzene rings is 2. The lowest BCUT2D eigenvalue weighted by molar-refractivity contribution is -0.134. The number of carbonyl (C=O) groups is 1. The summed E-state index contributed by atoms with van der Waals surface area (Å²) in [5, 5.41) is 0. The maximum atomic E-state index is 13.3. The minimum atomic E-state index is -3.87. The van der Waals surface area contributed by atoms with Gasteiger partial charge in [0.25, 0.3) is 0 Å². The zero-order chi connectivity index (χ0) is 22.3. The first-order valence-electron chi connectivity index (χ1n) is 10.7. The molecule has 0 spiro atoms. The van der Waals surface area contributed by atoms with Crippen molar-refractivity contribution in [3.63, 3.8) is 0 Å². The maximum absolute atomic E-state index is 13.3. The Morgan fingerprint density at radius 3 is 2.23 bits per heavy atom. The molecule has 1 aliphatic heterocycles. The molecule has 0 saturated carbocycles. The van der Waals surface area contributed by atoms with Crippen LogP contribution in [0.2, 0.25) is 0 Å². The number of piperazine rings is 1. The van der Waals surface area contributed by atoms with Crippen molar-refractivity contribution in [3.05, 3.63) is 60.2 Å². The Kier molecular flexibility index (Phi) is 8.06. The third-order valence-corrected chi connectivity index (χ3v) is 6.94. The lowest BCUT2D eigenvalue weighted by atomic mass is 10.1.